The van der Waals surface area contributed by atoms with Gasteiger partial charge in [0.05, 0.1) is 18.5 Å². The molecule has 1 aromatic carbocycles. The normalized spacial score (nSPS) is 15.8. The van der Waals surface area contributed by atoms with Gasteiger partial charge in [0, 0.05) is 26.0 Å². The van der Waals surface area contributed by atoms with E-state index in [0.29, 0.717) is 5.56 Å². The van der Waals surface area contributed by atoms with Crippen LogP contribution < -0.4 is 10.9 Å². The van der Waals surface area contributed by atoms with E-state index in [1.165, 1.54) is 25.0 Å². The molecule has 0 fully saturated rings. The Hall–Kier alpha value is -2.65. The molecule has 1 N–H and O–H groups in total. The topological polar surface area (TPSA) is 129 Å². The van der Waals surface area contributed by atoms with E-state index in [4.69, 9.17) is 13.8 Å². The van der Waals surface area contributed by atoms with Gasteiger partial charge in [-0.05, 0) is 26.8 Å². The van der Waals surface area contributed by atoms with E-state index in [9.17, 15) is 19.3 Å². The first kappa shape index (κ1) is 23.0. The predicted octanol–water partition coefficient (Wildman–Crippen LogP) is 1.89. The molecule has 10 nitrogen and oxygen atoms in total. The Morgan fingerprint density at radius 1 is 1.35 bits per heavy atom. The quantitative estimate of drug-likeness (QED) is 0.541. The molecule has 0 aliphatic carbocycles. The summed E-state index contributed by atoms with van der Waals surface area (Å²) in [6.45, 7) is 5.72. The molecule has 0 saturated carbocycles. The molecule has 1 amide bonds. The van der Waals surface area contributed by atoms with Crippen molar-refractivity contribution < 1.29 is 28.3 Å². The van der Waals surface area contributed by atoms with Crippen LogP contribution in [0, 0.1) is 6.92 Å². The van der Waals surface area contributed by atoms with Gasteiger partial charge in [0.25, 0.3) is 11.5 Å². The Morgan fingerprint density at radius 3 is 2.68 bits per heavy atom. The van der Waals surface area contributed by atoms with Crippen molar-refractivity contribution in [1.82, 2.24) is 9.55 Å². The third-order valence-corrected chi connectivity index (χ3v) is 6.89. The molecular formula is C20H24N3O7P. The van der Waals surface area contributed by atoms with Crippen molar-refractivity contribution in [3.8, 4) is 5.75 Å². The molecule has 0 saturated heterocycles. The van der Waals surface area contributed by atoms with Crippen LogP contribution in [-0.4, -0.2) is 47.6 Å². The highest BCUT2D eigenvalue weighted by atomic mass is 31.2. The lowest BCUT2D eigenvalue weighted by Gasteiger charge is -2.32. The first-order chi connectivity index (χ1) is 14.5. The summed E-state index contributed by atoms with van der Waals surface area (Å²) in [6, 6.07) is 4.96. The van der Waals surface area contributed by atoms with Crippen LogP contribution in [0.25, 0.3) is 0 Å². The average molecular weight is 449 g/mol. The molecule has 1 aliphatic heterocycles. The second-order valence-electron chi connectivity index (χ2n) is 7.44. The van der Waals surface area contributed by atoms with Crippen LogP contribution in [0.15, 0.2) is 28.0 Å². The molecule has 0 spiro atoms. The lowest BCUT2D eigenvalue weighted by atomic mass is 10.1. The summed E-state index contributed by atoms with van der Waals surface area (Å²) in [5.74, 6) is -1.50. The van der Waals surface area contributed by atoms with Crippen LogP contribution in [0.3, 0.4) is 0 Å². The summed E-state index contributed by atoms with van der Waals surface area (Å²) in [5.41, 5.74) is -1.01. The molecule has 3 rings (SSSR count). The lowest BCUT2D eigenvalue weighted by Crippen LogP contribution is -2.41. The zero-order valence-corrected chi connectivity index (χ0v) is 18.8. The fraction of sp³-hybridized carbons (Fsp3) is 0.400. The summed E-state index contributed by atoms with van der Waals surface area (Å²) in [4.78, 5) is 33.3. The maximum Gasteiger partial charge on any atom is 0.361 e. The predicted molar refractivity (Wildman–Crippen MR) is 114 cm³/mol. The Labute approximate surface area is 179 Å². The van der Waals surface area contributed by atoms with E-state index in [1.807, 2.05) is 0 Å². The number of aryl methyl sites for hydroxylation is 1. The molecule has 166 valence electrons. The van der Waals surface area contributed by atoms with Crippen LogP contribution in [0.1, 0.15) is 41.3 Å². The minimum Gasteiger partial charge on any atom is -0.501 e. The van der Waals surface area contributed by atoms with Crippen LogP contribution in [-0.2, 0) is 30.5 Å². The number of fused-ring (bicyclic) bond motifs is 1. The third kappa shape index (κ3) is 4.24. The van der Waals surface area contributed by atoms with Gasteiger partial charge in [0.1, 0.15) is 11.4 Å². The summed E-state index contributed by atoms with van der Waals surface area (Å²) in [5, 5.41) is 10.5. The molecule has 2 aromatic rings. The first-order valence-corrected chi connectivity index (χ1v) is 11.0. The van der Waals surface area contributed by atoms with E-state index in [1.54, 1.807) is 39.0 Å². The monoisotopic (exact) mass is 449 g/mol. The van der Waals surface area contributed by atoms with Gasteiger partial charge in [-0.1, -0.05) is 17.7 Å². The molecule has 1 aliphatic rings. The van der Waals surface area contributed by atoms with Gasteiger partial charge < -0.3 is 18.9 Å². The van der Waals surface area contributed by atoms with Crippen LogP contribution in [0.5, 0.6) is 5.75 Å². The maximum atomic E-state index is 12.9. The molecule has 0 bridgehead atoms. The van der Waals surface area contributed by atoms with E-state index < -0.39 is 36.1 Å². The van der Waals surface area contributed by atoms with Gasteiger partial charge in [-0.25, -0.2) is 9.98 Å². The maximum absolute atomic E-state index is 12.9. The summed E-state index contributed by atoms with van der Waals surface area (Å²) < 4.78 is 29.9. The van der Waals surface area contributed by atoms with E-state index in [0.717, 1.165) is 5.56 Å². The molecule has 31 heavy (non-hydrogen) atoms. The zero-order chi connectivity index (χ0) is 23.0. The Balaban J connectivity index is 2.05. The van der Waals surface area contributed by atoms with E-state index in [-0.39, 0.29) is 24.3 Å². The summed E-state index contributed by atoms with van der Waals surface area (Å²) in [6.07, 6.45) is 1.17. The van der Waals surface area contributed by atoms with Crippen LogP contribution >= 0.6 is 7.60 Å². The highest BCUT2D eigenvalue weighted by Gasteiger charge is 2.34. The fourth-order valence-electron chi connectivity index (χ4n) is 3.28. The summed E-state index contributed by atoms with van der Waals surface area (Å²) in [7, 11) is -1.11. The van der Waals surface area contributed by atoms with Crippen LogP contribution in [0.4, 0.5) is 0 Å². The number of nitrogens with zero attached hydrogens (tertiary/aromatic N) is 3. The van der Waals surface area contributed by atoms with Gasteiger partial charge in [-0.3, -0.25) is 18.7 Å². The smallest absolute Gasteiger partial charge is 0.361 e. The molecule has 1 aromatic heterocycles. The van der Waals surface area contributed by atoms with Gasteiger partial charge >= 0.3 is 7.60 Å². The number of ether oxygens (including phenoxy) is 1. The second-order valence-corrected chi connectivity index (χ2v) is 9.64. The van der Waals surface area contributed by atoms with Crippen molar-refractivity contribution in [2.45, 2.75) is 32.9 Å². The van der Waals surface area contributed by atoms with Crippen molar-refractivity contribution in [3.05, 3.63) is 51.2 Å². The van der Waals surface area contributed by atoms with Crippen molar-refractivity contribution >= 4 is 25.0 Å². The number of aromatic hydroxyl groups is 1. The SMILES string of the molecule is COP(=O)(OC)c1cc(C)ccc1C=NC(=O)c1nc2n(c(=O)c1O)CCOC2(C)C. The number of carbonyl (C=O) groups is 1. The number of aromatic nitrogens is 2. The number of amides is 1. The fourth-order valence-corrected chi connectivity index (χ4v) is 4.63. The van der Waals surface area contributed by atoms with E-state index in [2.05, 4.69) is 9.98 Å². The number of benzene rings is 1. The number of rotatable bonds is 5. The molecule has 0 radical (unpaired) electrons. The van der Waals surface area contributed by atoms with Gasteiger partial charge in [0.2, 0.25) is 5.75 Å². The standard InChI is InChI=1S/C20H24N3O7P/c1-12-6-7-13(14(10-12)31(27,28-4)29-5)11-21-17(25)15-16(24)18(26)23-8-9-30-20(2,3)19(23)22-15/h6-7,10-11,24H,8-9H2,1-5H3. The molecule has 0 unspecified atom stereocenters. The molecule has 2 heterocycles. The van der Waals surface area contributed by atoms with Crippen LogP contribution in [0.2, 0.25) is 0 Å². The van der Waals surface area contributed by atoms with Crippen molar-refractivity contribution in [2.24, 2.45) is 4.99 Å². The first-order valence-electron chi connectivity index (χ1n) is 9.43. The highest BCUT2D eigenvalue weighted by molar-refractivity contribution is 7.62. The molecule has 11 heteroatoms. The number of aliphatic imine (C=N–C) groups is 1. The van der Waals surface area contributed by atoms with Crippen molar-refractivity contribution in [3.63, 3.8) is 0 Å². The van der Waals surface area contributed by atoms with E-state index >= 15 is 0 Å². The minimum absolute atomic E-state index is 0.214. The number of hydrogen-bond donors (Lipinski definition) is 1. The average Bonchev–Trinajstić information content (AvgIpc) is 2.74. The molecular weight excluding hydrogens is 425 g/mol. The van der Waals surface area contributed by atoms with Crippen molar-refractivity contribution in [2.75, 3.05) is 20.8 Å². The third-order valence-electron chi connectivity index (χ3n) is 4.95. The summed E-state index contributed by atoms with van der Waals surface area (Å²) >= 11 is 0. The van der Waals surface area contributed by atoms with Gasteiger partial charge in [-0.2, -0.15) is 0 Å². The Bertz CT molecular complexity index is 1160. The second kappa shape index (κ2) is 8.47. The lowest BCUT2D eigenvalue weighted by molar-refractivity contribution is -0.0566. The number of carbonyl (C=O) groups excluding carboxylic acids is 1. The highest BCUT2D eigenvalue weighted by Crippen LogP contribution is 2.46. The Kier molecular flexibility index (Phi) is 6.29. The zero-order valence-electron chi connectivity index (χ0n) is 17.9. The largest absolute Gasteiger partial charge is 0.501 e. The Morgan fingerprint density at radius 2 is 2.03 bits per heavy atom. The molecule has 0 atom stereocenters. The van der Waals surface area contributed by atoms with Crippen molar-refractivity contribution in [1.29, 1.82) is 0 Å². The van der Waals surface area contributed by atoms with Gasteiger partial charge in [-0.15, -0.1) is 0 Å². The number of hydrogen-bond acceptors (Lipinski definition) is 8. The van der Waals surface area contributed by atoms with Gasteiger partial charge in [0.15, 0.2) is 5.69 Å². The minimum atomic E-state index is -3.62.